The Morgan fingerprint density at radius 1 is 1.32 bits per heavy atom. The van der Waals surface area contributed by atoms with Gasteiger partial charge in [-0.2, -0.15) is 5.10 Å². The van der Waals surface area contributed by atoms with Crippen molar-refractivity contribution in [1.82, 2.24) is 20.1 Å². The molecule has 0 aliphatic carbocycles. The van der Waals surface area contributed by atoms with E-state index in [2.05, 4.69) is 15.5 Å². The SMILES string of the molecule is COc1cc(F)cc(CNC(=O)n2ccc3cc(-c4cn[nH]c4)c(Cl)cc32)c1. The lowest BCUT2D eigenvalue weighted by Gasteiger charge is -2.10. The first-order valence-electron chi connectivity index (χ1n) is 8.46. The summed E-state index contributed by atoms with van der Waals surface area (Å²) in [5.74, 6) is -0.0252. The van der Waals surface area contributed by atoms with E-state index in [0.717, 1.165) is 16.5 Å². The average molecular weight is 399 g/mol. The number of hydrogen-bond donors (Lipinski definition) is 2. The fraction of sp³-hybridized carbons (Fsp3) is 0.100. The van der Waals surface area contributed by atoms with Crippen LogP contribution in [0.5, 0.6) is 5.75 Å². The molecule has 0 saturated carbocycles. The molecule has 0 aliphatic heterocycles. The Balaban J connectivity index is 1.58. The summed E-state index contributed by atoms with van der Waals surface area (Å²) in [7, 11) is 1.46. The topological polar surface area (TPSA) is 71.9 Å². The van der Waals surface area contributed by atoms with Crippen LogP contribution in [0, 0.1) is 5.82 Å². The van der Waals surface area contributed by atoms with Crippen molar-refractivity contribution < 1.29 is 13.9 Å². The number of hydrogen-bond acceptors (Lipinski definition) is 3. The van der Waals surface area contributed by atoms with Crippen LogP contribution in [0.1, 0.15) is 5.56 Å². The summed E-state index contributed by atoms with van der Waals surface area (Å²) in [5, 5.41) is 10.8. The lowest BCUT2D eigenvalue weighted by molar-refractivity contribution is 0.243. The van der Waals surface area contributed by atoms with Crippen LogP contribution < -0.4 is 10.1 Å². The Hall–Kier alpha value is -3.32. The molecule has 0 fully saturated rings. The molecule has 2 aromatic heterocycles. The fourth-order valence-corrected chi connectivity index (χ4v) is 3.32. The maximum absolute atomic E-state index is 13.6. The smallest absolute Gasteiger partial charge is 0.326 e. The van der Waals surface area contributed by atoms with Gasteiger partial charge >= 0.3 is 6.03 Å². The Morgan fingerprint density at radius 3 is 2.93 bits per heavy atom. The highest BCUT2D eigenvalue weighted by atomic mass is 35.5. The molecule has 0 radical (unpaired) electrons. The van der Waals surface area contributed by atoms with Crippen LogP contribution in [0.4, 0.5) is 9.18 Å². The van der Waals surface area contributed by atoms with Crippen molar-refractivity contribution in [1.29, 1.82) is 0 Å². The number of carbonyl (C=O) groups excluding carboxylic acids is 1. The summed E-state index contributed by atoms with van der Waals surface area (Å²) < 4.78 is 20.1. The number of carbonyl (C=O) groups is 1. The highest BCUT2D eigenvalue weighted by Gasteiger charge is 2.13. The monoisotopic (exact) mass is 398 g/mol. The van der Waals surface area contributed by atoms with Crippen LogP contribution in [-0.4, -0.2) is 27.9 Å². The van der Waals surface area contributed by atoms with E-state index < -0.39 is 5.82 Å². The average Bonchev–Trinajstić information content (AvgIpc) is 3.34. The lowest BCUT2D eigenvalue weighted by atomic mass is 10.1. The van der Waals surface area contributed by atoms with Crippen molar-refractivity contribution in [3.05, 3.63) is 71.4 Å². The highest BCUT2D eigenvalue weighted by Crippen LogP contribution is 2.32. The van der Waals surface area contributed by atoms with Gasteiger partial charge in [-0.3, -0.25) is 9.67 Å². The number of aromatic amines is 1. The molecule has 1 amide bonds. The van der Waals surface area contributed by atoms with E-state index in [1.165, 1.54) is 23.8 Å². The predicted octanol–water partition coefficient (Wildman–Crippen LogP) is 4.59. The van der Waals surface area contributed by atoms with Gasteiger partial charge in [0.25, 0.3) is 0 Å². The summed E-state index contributed by atoms with van der Waals surface area (Å²) in [4.78, 5) is 12.6. The largest absolute Gasteiger partial charge is 0.497 e. The third-order valence-electron chi connectivity index (χ3n) is 4.42. The number of halogens is 2. The van der Waals surface area contributed by atoms with Gasteiger partial charge in [0.05, 0.1) is 23.8 Å². The Bertz CT molecular complexity index is 1150. The van der Waals surface area contributed by atoms with Gasteiger partial charge in [0.2, 0.25) is 0 Å². The number of rotatable bonds is 4. The van der Waals surface area contributed by atoms with Crippen molar-refractivity contribution in [3.8, 4) is 16.9 Å². The minimum atomic E-state index is -0.423. The molecule has 0 spiro atoms. The van der Waals surface area contributed by atoms with E-state index in [-0.39, 0.29) is 12.6 Å². The van der Waals surface area contributed by atoms with Crippen LogP contribution in [0.15, 0.2) is 55.0 Å². The molecule has 0 saturated heterocycles. The van der Waals surface area contributed by atoms with Gasteiger partial charge in [-0.25, -0.2) is 9.18 Å². The summed E-state index contributed by atoms with van der Waals surface area (Å²) in [6.45, 7) is 0.160. The van der Waals surface area contributed by atoms with E-state index in [1.54, 1.807) is 30.7 Å². The van der Waals surface area contributed by atoms with Gasteiger partial charge in [-0.1, -0.05) is 11.6 Å². The number of aromatic nitrogens is 3. The molecule has 2 N–H and O–H groups in total. The zero-order chi connectivity index (χ0) is 19.7. The standard InChI is InChI=1S/C20H16ClFN4O2/c1-28-16-5-12(4-15(22)7-16)9-23-20(27)26-3-2-13-6-17(14-10-24-25-11-14)18(21)8-19(13)26/h2-8,10-11H,9H2,1H3,(H,23,27)(H,24,25). The fourth-order valence-electron chi connectivity index (χ4n) is 3.06. The first-order valence-corrected chi connectivity index (χ1v) is 8.84. The van der Waals surface area contributed by atoms with Gasteiger partial charge in [0.15, 0.2) is 0 Å². The Kier molecular flexibility index (Phi) is 4.75. The summed E-state index contributed by atoms with van der Waals surface area (Å²) in [6, 6.07) is 9.44. The second kappa shape index (κ2) is 7.36. The van der Waals surface area contributed by atoms with Crippen LogP contribution in [0.3, 0.4) is 0 Å². The van der Waals surface area contributed by atoms with Gasteiger partial charge < -0.3 is 10.1 Å². The normalized spacial score (nSPS) is 11.0. The van der Waals surface area contributed by atoms with Crippen molar-refractivity contribution in [3.63, 3.8) is 0 Å². The number of nitrogens with one attached hydrogen (secondary N) is 2. The molecule has 0 atom stereocenters. The van der Waals surface area contributed by atoms with Crippen LogP contribution in [0.25, 0.3) is 22.0 Å². The number of fused-ring (bicyclic) bond motifs is 1. The molecule has 8 heteroatoms. The van der Waals surface area contributed by atoms with Crippen molar-refractivity contribution in [2.24, 2.45) is 0 Å². The minimum Gasteiger partial charge on any atom is -0.497 e. The highest BCUT2D eigenvalue weighted by molar-refractivity contribution is 6.34. The van der Waals surface area contributed by atoms with E-state index >= 15 is 0 Å². The van der Waals surface area contributed by atoms with Crippen molar-refractivity contribution >= 4 is 28.5 Å². The molecule has 4 aromatic rings. The number of benzene rings is 2. The molecule has 28 heavy (non-hydrogen) atoms. The molecular weight excluding hydrogens is 383 g/mol. The first kappa shape index (κ1) is 18.1. The van der Waals surface area contributed by atoms with Crippen LogP contribution in [0.2, 0.25) is 5.02 Å². The van der Waals surface area contributed by atoms with Gasteiger partial charge in [0.1, 0.15) is 11.6 Å². The van der Waals surface area contributed by atoms with Crippen molar-refractivity contribution in [2.45, 2.75) is 6.54 Å². The molecule has 0 unspecified atom stereocenters. The van der Waals surface area contributed by atoms with Gasteiger partial charge in [-0.15, -0.1) is 0 Å². The summed E-state index contributed by atoms with van der Waals surface area (Å²) in [5.41, 5.74) is 2.96. The van der Waals surface area contributed by atoms with E-state index in [9.17, 15) is 9.18 Å². The third kappa shape index (κ3) is 3.44. The molecule has 0 aliphatic rings. The molecule has 6 nitrogen and oxygen atoms in total. The Labute approximate surface area is 164 Å². The number of nitrogens with zero attached hydrogens (tertiary/aromatic N) is 2. The van der Waals surface area contributed by atoms with Gasteiger partial charge in [0, 0.05) is 41.5 Å². The van der Waals surface area contributed by atoms with Crippen molar-refractivity contribution in [2.75, 3.05) is 7.11 Å². The van der Waals surface area contributed by atoms with E-state index in [4.69, 9.17) is 16.3 Å². The number of amides is 1. The first-order chi connectivity index (χ1) is 13.5. The molecule has 0 bridgehead atoms. The molecular formula is C20H16ClFN4O2. The number of H-pyrrole nitrogens is 1. The zero-order valence-electron chi connectivity index (χ0n) is 14.9. The van der Waals surface area contributed by atoms with Gasteiger partial charge in [-0.05, 0) is 35.9 Å². The molecule has 142 valence electrons. The lowest BCUT2D eigenvalue weighted by Crippen LogP contribution is -2.27. The second-order valence-corrected chi connectivity index (χ2v) is 6.63. The predicted molar refractivity (Wildman–Crippen MR) is 105 cm³/mol. The molecule has 2 heterocycles. The quantitative estimate of drug-likeness (QED) is 0.528. The number of ether oxygens (including phenoxy) is 1. The number of methoxy groups -OCH3 is 1. The summed E-state index contributed by atoms with van der Waals surface area (Å²) in [6.07, 6.45) is 5.11. The second-order valence-electron chi connectivity index (χ2n) is 6.22. The third-order valence-corrected chi connectivity index (χ3v) is 4.73. The van der Waals surface area contributed by atoms with Crippen LogP contribution in [-0.2, 0) is 6.54 Å². The maximum Gasteiger partial charge on any atom is 0.326 e. The van der Waals surface area contributed by atoms with E-state index in [1.807, 2.05) is 12.1 Å². The van der Waals surface area contributed by atoms with E-state index in [0.29, 0.717) is 21.9 Å². The molecule has 2 aromatic carbocycles. The Morgan fingerprint density at radius 2 is 2.18 bits per heavy atom. The summed E-state index contributed by atoms with van der Waals surface area (Å²) >= 11 is 6.41. The van der Waals surface area contributed by atoms with Crippen LogP contribution >= 0.6 is 11.6 Å². The minimum absolute atomic E-state index is 0.160. The maximum atomic E-state index is 13.6. The zero-order valence-corrected chi connectivity index (χ0v) is 15.6. The molecule has 4 rings (SSSR count).